The molecule has 0 saturated heterocycles. The van der Waals surface area contributed by atoms with Crippen molar-refractivity contribution in [1.82, 2.24) is 24.8 Å². The van der Waals surface area contributed by atoms with Gasteiger partial charge in [0.25, 0.3) is 11.1 Å². The molecule has 2 heterocycles. The molecule has 2 aromatic carbocycles. The van der Waals surface area contributed by atoms with Gasteiger partial charge in [0.15, 0.2) is 11.5 Å². The van der Waals surface area contributed by atoms with Crippen LogP contribution in [0.3, 0.4) is 0 Å². The molecule has 10 heteroatoms. The molecule has 0 aliphatic heterocycles. The zero-order valence-corrected chi connectivity index (χ0v) is 18.6. The number of aromatic amines is 2. The van der Waals surface area contributed by atoms with Gasteiger partial charge in [0.2, 0.25) is 0 Å². The summed E-state index contributed by atoms with van der Waals surface area (Å²) in [5.74, 6) is 1.94. The van der Waals surface area contributed by atoms with Gasteiger partial charge < -0.3 is 19.4 Å². The van der Waals surface area contributed by atoms with Gasteiger partial charge in [-0.25, -0.2) is 9.97 Å². The lowest BCUT2D eigenvalue weighted by Crippen LogP contribution is -2.27. The molecular weight excluding hydrogens is 434 g/mol. The van der Waals surface area contributed by atoms with E-state index in [2.05, 4.69) is 19.9 Å². The van der Waals surface area contributed by atoms with Crippen molar-refractivity contribution in [3.05, 3.63) is 67.7 Å². The molecule has 0 amide bonds. The van der Waals surface area contributed by atoms with Crippen LogP contribution in [0.1, 0.15) is 18.6 Å². The van der Waals surface area contributed by atoms with Crippen molar-refractivity contribution in [2.24, 2.45) is 0 Å². The smallest absolute Gasteiger partial charge is 0.258 e. The summed E-state index contributed by atoms with van der Waals surface area (Å²) in [6.07, 6.45) is 0. The summed E-state index contributed by atoms with van der Waals surface area (Å²) < 4.78 is 10.6. The lowest BCUT2D eigenvalue weighted by molar-refractivity contribution is 0.258. The number of ether oxygens (including phenoxy) is 2. The van der Waals surface area contributed by atoms with Crippen molar-refractivity contribution in [2.75, 3.05) is 20.8 Å². The molecule has 32 heavy (non-hydrogen) atoms. The molecule has 2 N–H and O–H groups in total. The highest BCUT2D eigenvalue weighted by molar-refractivity contribution is 6.31. The summed E-state index contributed by atoms with van der Waals surface area (Å²) in [5.41, 5.74) is 0.541. The van der Waals surface area contributed by atoms with Gasteiger partial charge in [0.05, 0.1) is 49.1 Å². The van der Waals surface area contributed by atoms with Gasteiger partial charge in [-0.1, -0.05) is 18.5 Å². The fraction of sp³-hybridized carbons (Fsp3) is 0.273. The molecule has 0 fully saturated rings. The first-order valence-electron chi connectivity index (χ1n) is 9.97. The first-order valence-corrected chi connectivity index (χ1v) is 10.3. The minimum atomic E-state index is -0.270. The Labute approximate surface area is 188 Å². The molecule has 0 bridgehead atoms. The average Bonchev–Trinajstić information content (AvgIpc) is 2.77. The number of nitrogens with zero attached hydrogens (tertiary/aromatic N) is 3. The first-order chi connectivity index (χ1) is 15.4. The Kier molecular flexibility index (Phi) is 6.11. The monoisotopic (exact) mass is 455 g/mol. The maximum absolute atomic E-state index is 12.6. The van der Waals surface area contributed by atoms with E-state index in [0.29, 0.717) is 69.6 Å². The maximum atomic E-state index is 12.6. The van der Waals surface area contributed by atoms with Gasteiger partial charge in [-0.15, -0.1) is 0 Å². The van der Waals surface area contributed by atoms with E-state index in [1.165, 1.54) is 14.2 Å². The Hall–Kier alpha value is -3.43. The number of hydrogen-bond acceptors (Lipinski definition) is 7. The number of fused-ring (bicyclic) bond motifs is 2. The number of benzene rings is 2. The predicted octanol–water partition coefficient (Wildman–Crippen LogP) is 2.85. The third-order valence-corrected chi connectivity index (χ3v) is 5.41. The topological polar surface area (TPSA) is 113 Å². The van der Waals surface area contributed by atoms with Crippen LogP contribution in [-0.4, -0.2) is 45.6 Å². The van der Waals surface area contributed by atoms with Crippen LogP contribution in [0.2, 0.25) is 5.02 Å². The summed E-state index contributed by atoms with van der Waals surface area (Å²) in [4.78, 5) is 41.8. The molecule has 9 nitrogen and oxygen atoms in total. The second-order valence-corrected chi connectivity index (χ2v) is 7.65. The van der Waals surface area contributed by atoms with E-state index in [0.717, 1.165) is 0 Å². The summed E-state index contributed by atoms with van der Waals surface area (Å²) in [6, 6.07) is 8.25. The lowest BCUT2D eigenvalue weighted by atomic mass is 10.2. The van der Waals surface area contributed by atoms with E-state index in [9.17, 15) is 9.59 Å². The molecule has 0 saturated carbocycles. The molecule has 4 aromatic rings. The number of rotatable bonds is 7. The molecule has 4 rings (SSSR count). The van der Waals surface area contributed by atoms with Gasteiger partial charge >= 0.3 is 0 Å². The molecule has 0 atom stereocenters. The zero-order chi connectivity index (χ0) is 22.8. The van der Waals surface area contributed by atoms with Gasteiger partial charge in [-0.2, -0.15) is 0 Å². The molecule has 166 valence electrons. The van der Waals surface area contributed by atoms with Crippen LogP contribution in [-0.2, 0) is 13.1 Å². The van der Waals surface area contributed by atoms with Crippen molar-refractivity contribution >= 4 is 33.4 Å². The number of nitrogens with one attached hydrogen (secondary N) is 2. The summed E-state index contributed by atoms with van der Waals surface area (Å²) in [6.45, 7) is 3.34. The van der Waals surface area contributed by atoms with E-state index < -0.39 is 0 Å². The average molecular weight is 456 g/mol. The van der Waals surface area contributed by atoms with Crippen LogP contribution in [0.15, 0.2) is 39.9 Å². The van der Waals surface area contributed by atoms with Crippen molar-refractivity contribution < 1.29 is 9.47 Å². The molecule has 0 aliphatic carbocycles. The number of H-pyrrole nitrogens is 2. The third-order valence-electron chi connectivity index (χ3n) is 5.17. The maximum Gasteiger partial charge on any atom is 0.258 e. The quantitative estimate of drug-likeness (QED) is 0.440. The molecular formula is C22H22ClN5O4. The molecule has 2 aromatic heterocycles. The van der Waals surface area contributed by atoms with Crippen LogP contribution in [0.5, 0.6) is 11.5 Å². The fourth-order valence-corrected chi connectivity index (χ4v) is 3.69. The number of methoxy groups -OCH3 is 2. The molecule has 0 radical (unpaired) electrons. The van der Waals surface area contributed by atoms with Crippen LogP contribution in [0.4, 0.5) is 0 Å². The Morgan fingerprint density at radius 2 is 1.44 bits per heavy atom. The molecule has 0 aliphatic rings. The van der Waals surface area contributed by atoms with Crippen molar-refractivity contribution in [3.63, 3.8) is 0 Å². The van der Waals surface area contributed by atoms with Crippen LogP contribution in [0, 0.1) is 0 Å². The minimum Gasteiger partial charge on any atom is -0.493 e. The summed E-state index contributed by atoms with van der Waals surface area (Å²) in [7, 11) is 3.04. The fourth-order valence-electron chi connectivity index (χ4n) is 3.53. The van der Waals surface area contributed by atoms with Gasteiger partial charge in [0.1, 0.15) is 11.6 Å². The van der Waals surface area contributed by atoms with Crippen molar-refractivity contribution in [1.29, 1.82) is 0 Å². The van der Waals surface area contributed by atoms with E-state index in [1.807, 2.05) is 11.8 Å². The zero-order valence-electron chi connectivity index (χ0n) is 17.9. The minimum absolute atomic E-state index is 0.226. The van der Waals surface area contributed by atoms with Crippen molar-refractivity contribution in [2.45, 2.75) is 20.0 Å². The number of halogens is 1. The number of aromatic nitrogens is 4. The highest BCUT2D eigenvalue weighted by atomic mass is 35.5. The Morgan fingerprint density at radius 1 is 0.875 bits per heavy atom. The summed E-state index contributed by atoms with van der Waals surface area (Å²) in [5, 5.41) is 1.40. The van der Waals surface area contributed by atoms with E-state index in [1.54, 1.807) is 30.3 Å². The van der Waals surface area contributed by atoms with Crippen LogP contribution >= 0.6 is 11.6 Å². The van der Waals surface area contributed by atoms with E-state index >= 15 is 0 Å². The molecule has 0 spiro atoms. The highest BCUT2D eigenvalue weighted by Gasteiger charge is 2.14. The number of hydrogen-bond donors (Lipinski definition) is 2. The predicted molar refractivity (Wildman–Crippen MR) is 123 cm³/mol. The highest BCUT2D eigenvalue weighted by Crippen LogP contribution is 2.30. The van der Waals surface area contributed by atoms with E-state index in [4.69, 9.17) is 21.1 Å². The SMILES string of the molecule is CCN(Cc1nc2cc(Cl)ccc2c(=O)[nH]1)Cc1nc2cc(OC)c(OC)cc2c(=O)[nH]1. The summed E-state index contributed by atoms with van der Waals surface area (Å²) >= 11 is 6.05. The Morgan fingerprint density at radius 3 is 2.03 bits per heavy atom. The van der Waals surface area contributed by atoms with Crippen molar-refractivity contribution in [3.8, 4) is 11.5 Å². The van der Waals surface area contributed by atoms with E-state index in [-0.39, 0.29) is 11.1 Å². The largest absolute Gasteiger partial charge is 0.493 e. The lowest BCUT2D eigenvalue weighted by Gasteiger charge is -2.19. The van der Waals surface area contributed by atoms with Crippen LogP contribution in [0.25, 0.3) is 21.8 Å². The molecule has 0 unspecified atom stereocenters. The second-order valence-electron chi connectivity index (χ2n) is 7.21. The normalized spacial score (nSPS) is 11.4. The second kappa shape index (κ2) is 8.97. The Balaban J connectivity index is 1.64. The van der Waals surface area contributed by atoms with Crippen LogP contribution < -0.4 is 20.6 Å². The standard InChI is InChI=1S/C22H22ClN5O4/c1-4-28(10-19-24-15-7-12(23)5-6-13(15)21(29)26-19)11-20-25-16-9-18(32-3)17(31-2)8-14(16)22(30)27-20/h5-9H,4,10-11H2,1-3H3,(H,24,26,29)(H,25,27,30). The third kappa shape index (κ3) is 4.30. The first kappa shape index (κ1) is 21.8. The van der Waals surface area contributed by atoms with Gasteiger partial charge in [-0.05, 0) is 30.8 Å². The van der Waals surface area contributed by atoms with Gasteiger partial charge in [0, 0.05) is 11.1 Å². The Bertz CT molecular complexity index is 1420. The van der Waals surface area contributed by atoms with Gasteiger partial charge in [-0.3, -0.25) is 14.5 Å².